The number of halogens is 1. The molecule has 0 aliphatic rings. The van der Waals surface area contributed by atoms with Gasteiger partial charge in [-0.1, -0.05) is 37.6 Å². The smallest absolute Gasteiger partial charge is 0.262 e. The second kappa shape index (κ2) is 7.62. The first kappa shape index (κ1) is 17.5. The highest BCUT2D eigenvalue weighted by Crippen LogP contribution is 2.20. The van der Waals surface area contributed by atoms with Crippen LogP contribution in [0.3, 0.4) is 0 Å². The fourth-order valence-corrected chi connectivity index (χ4v) is 2.85. The van der Waals surface area contributed by atoms with Crippen molar-refractivity contribution in [3.05, 3.63) is 51.2 Å². The summed E-state index contributed by atoms with van der Waals surface area (Å²) >= 11 is 7.41. The summed E-state index contributed by atoms with van der Waals surface area (Å²) in [4.78, 5) is 25.2. The van der Waals surface area contributed by atoms with Crippen LogP contribution < -0.4 is 10.6 Å². The Morgan fingerprint density at radius 2 is 1.96 bits per heavy atom. The first-order chi connectivity index (χ1) is 10.9. The fraction of sp³-hybridized carbons (Fsp3) is 0.294. The highest BCUT2D eigenvalue weighted by molar-refractivity contribution is 7.12. The van der Waals surface area contributed by atoms with E-state index < -0.39 is 6.04 Å². The summed E-state index contributed by atoms with van der Waals surface area (Å²) in [6, 6.07) is 8.25. The average Bonchev–Trinajstić information content (AvgIpc) is 3.02. The molecule has 0 spiro atoms. The van der Waals surface area contributed by atoms with E-state index in [0.29, 0.717) is 15.6 Å². The first-order valence-electron chi connectivity index (χ1n) is 7.30. The van der Waals surface area contributed by atoms with E-state index >= 15 is 0 Å². The van der Waals surface area contributed by atoms with Gasteiger partial charge in [-0.2, -0.15) is 0 Å². The number of nitrogens with one attached hydrogen (secondary N) is 2. The quantitative estimate of drug-likeness (QED) is 0.852. The van der Waals surface area contributed by atoms with Crippen LogP contribution in [0.2, 0.25) is 5.02 Å². The van der Waals surface area contributed by atoms with E-state index in [1.807, 2.05) is 32.2 Å². The maximum absolute atomic E-state index is 12.5. The third kappa shape index (κ3) is 4.56. The van der Waals surface area contributed by atoms with Crippen LogP contribution in [0.4, 0.5) is 5.69 Å². The number of thiophene rings is 1. The third-order valence-electron chi connectivity index (χ3n) is 3.42. The number of rotatable bonds is 5. The molecule has 122 valence electrons. The lowest BCUT2D eigenvalue weighted by atomic mass is 10.0. The standard InChI is InChI=1S/C17H19ClN2O2S/c1-10(2)15(20-16(21)14-5-4-8-23-14)17(22)19-12-7-6-11(3)13(18)9-12/h4-10,15H,1-3H3,(H,19,22)(H,20,21)/t15-/m1/s1. The molecule has 2 rings (SSSR count). The van der Waals surface area contributed by atoms with Crippen molar-refractivity contribution in [3.8, 4) is 0 Å². The van der Waals surface area contributed by atoms with E-state index in [1.54, 1.807) is 24.3 Å². The van der Waals surface area contributed by atoms with Gasteiger partial charge in [0.25, 0.3) is 5.91 Å². The van der Waals surface area contributed by atoms with Gasteiger partial charge in [-0.15, -0.1) is 11.3 Å². The summed E-state index contributed by atoms with van der Waals surface area (Å²) in [5.41, 5.74) is 1.55. The Morgan fingerprint density at radius 3 is 2.52 bits per heavy atom. The molecule has 1 heterocycles. The van der Waals surface area contributed by atoms with E-state index in [0.717, 1.165) is 5.56 Å². The van der Waals surface area contributed by atoms with Crippen LogP contribution in [-0.4, -0.2) is 17.9 Å². The van der Waals surface area contributed by atoms with Crippen LogP contribution in [0.1, 0.15) is 29.1 Å². The van der Waals surface area contributed by atoms with E-state index in [-0.39, 0.29) is 17.7 Å². The number of amides is 2. The summed E-state index contributed by atoms with van der Waals surface area (Å²) < 4.78 is 0. The maximum atomic E-state index is 12.5. The average molecular weight is 351 g/mol. The van der Waals surface area contributed by atoms with Crippen molar-refractivity contribution < 1.29 is 9.59 Å². The van der Waals surface area contributed by atoms with Gasteiger partial charge in [0.05, 0.1) is 4.88 Å². The molecular formula is C17H19ClN2O2S. The van der Waals surface area contributed by atoms with Crippen LogP contribution in [0.5, 0.6) is 0 Å². The molecule has 0 aliphatic heterocycles. The zero-order chi connectivity index (χ0) is 17.0. The second-order valence-electron chi connectivity index (χ2n) is 5.63. The number of benzene rings is 1. The van der Waals surface area contributed by atoms with Crippen LogP contribution >= 0.6 is 22.9 Å². The van der Waals surface area contributed by atoms with Gasteiger partial charge in [0.15, 0.2) is 0 Å². The summed E-state index contributed by atoms with van der Waals surface area (Å²) in [6.45, 7) is 5.67. The number of aryl methyl sites for hydroxylation is 1. The Morgan fingerprint density at radius 1 is 1.22 bits per heavy atom. The van der Waals surface area contributed by atoms with Gasteiger partial charge in [0.1, 0.15) is 6.04 Å². The predicted octanol–water partition coefficient (Wildman–Crippen LogP) is 4.10. The minimum absolute atomic E-state index is 0.0418. The normalized spacial score (nSPS) is 12.0. The van der Waals surface area contributed by atoms with E-state index in [2.05, 4.69) is 10.6 Å². The van der Waals surface area contributed by atoms with E-state index in [1.165, 1.54) is 11.3 Å². The molecule has 2 aromatic rings. The molecule has 0 bridgehead atoms. The molecule has 23 heavy (non-hydrogen) atoms. The van der Waals surface area contributed by atoms with Crippen molar-refractivity contribution in [2.75, 3.05) is 5.32 Å². The Kier molecular flexibility index (Phi) is 5.80. The lowest BCUT2D eigenvalue weighted by molar-refractivity contribution is -0.118. The van der Waals surface area contributed by atoms with Crippen LogP contribution in [-0.2, 0) is 4.79 Å². The van der Waals surface area contributed by atoms with Gasteiger partial charge in [-0.25, -0.2) is 0 Å². The highest BCUT2D eigenvalue weighted by Gasteiger charge is 2.25. The summed E-state index contributed by atoms with van der Waals surface area (Å²) in [5.74, 6) is -0.541. The minimum Gasteiger partial charge on any atom is -0.339 e. The summed E-state index contributed by atoms with van der Waals surface area (Å²) in [7, 11) is 0. The SMILES string of the molecule is Cc1ccc(NC(=O)[C@H](NC(=O)c2cccs2)C(C)C)cc1Cl. The first-order valence-corrected chi connectivity index (χ1v) is 8.55. The number of hydrogen-bond acceptors (Lipinski definition) is 3. The van der Waals surface area contributed by atoms with Gasteiger partial charge < -0.3 is 10.6 Å². The summed E-state index contributed by atoms with van der Waals surface area (Å²) in [6.07, 6.45) is 0. The van der Waals surface area contributed by atoms with Gasteiger partial charge in [-0.3, -0.25) is 9.59 Å². The Labute approximate surface area is 144 Å². The lowest BCUT2D eigenvalue weighted by Crippen LogP contribution is -2.46. The number of anilines is 1. The van der Waals surface area contributed by atoms with Crippen molar-refractivity contribution in [2.24, 2.45) is 5.92 Å². The van der Waals surface area contributed by atoms with Crippen LogP contribution in [0.15, 0.2) is 35.7 Å². The lowest BCUT2D eigenvalue weighted by Gasteiger charge is -2.21. The largest absolute Gasteiger partial charge is 0.339 e. The Balaban J connectivity index is 2.09. The van der Waals surface area contributed by atoms with Gasteiger partial charge in [-0.05, 0) is 42.0 Å². The molecule has 1 aromatic heterocycles. The van der Waals surface area contributed by atoms with Gasteiger partial charge in [0.2, 0.25) is 5.91 Å². The highest BCUT2D eigenvalue weighted by atomic mass is 35.5. The fourth-order valence-electron chi connectivity index (χ4n) is 2.05. The number of carbonyl (C=O) groups excluding carboxylic acids is 2. The van der Waals surface area contributed by atoms with E-state index in [9.17, 15) is 9.59 Å². The van der Waals surface area contributed by atoms with Crippen molar-refractivity contribution in [3.63, 3.8) is 0 Å². The molecule has 2 N–H and O–H groups in total. The molecule has 6 heteroatoms. The summed E-state index contributed by atoms with van der Waals surface area (Å²) in [5, 5.41) is 8.02. The monoisotopic (exact) mass is 350 g/mol. The Hall–Kier alpha value is -1.85. The zero-order valence-electron chi connectivity index (χ0n) is 13.2. The van der Waals surface area contributed by atoms with Crippen molar-refractivity contribution in [2.45, 2.75) is 26.8 Å². The molecule has 0 saturated heterocycles. The second-order valence-corrected chi connectivity index (χ2v) is 6.98. The molecule has 0 radical (unpaired) electrons. The van der Waals surface area contributed by atoms with Crippen molar-refractivity contribution >= 4 is 40.4 Å². The Bertz CT molecular complexity index is 699. The molecule has 0 aliphatic carbocycles. The topological polar surface area (TPSA) is 58.2 Å². The van der Waals surface area contributed by atoms with E-state index in [4.69, 9.17) is 11.6 Å². The molecular weight excluding hydrogens is 332 g/mol. The predicted molar refractivity (Wildman–Crippen MR) is 95.2 cm³/mol. The number of hydrogen-bond donors (Lipinski definition) is 2. The molecule has 4 nitrogen and oxygen atoms in total. The molecule has 1 atom stereocenters. The van der Waals surface area contributed by atoms with Crippen LogP contribution in [0, 0.1) is 12.8 Å². The van der Waals surface area contributed by atoms with Gasteiger partial charge in [0, 0.05) is 10.7 Å². The van der Waals surface area contributed by atoms with Gasteiger partial charge >= 0.3 is 0 Å². The minimum atomic E-state index is -0.621. The van der Waals surface area contributed by atoms with Crippen molar-refractivity contribution in [1.29, 1.82) is 0 Å². The maximum Gasteiger partial charge on any atom is 0.262 e. The zero-order valence-corrected chi connectivity index (χ0v) is 14.8. The number of carbonyl (C=O) groups is 2. The third-order valence-corrected chi connectivity index (χ3v) is 4.70. The molecule has 2 amide bonds. The van der Waals surface area contributed by atoms with Crippen LogP contribution in [0.25, 0.3) is 0 Å². The molecule has 0 fully saturated rings. The molecule has 0 saturated carbocycles. The van der Waals surface area contributed by atoms with Crippen molar-refractivity contribution in [1.82, 2.24) is 5.32 Å². The molecule has 1 aromatic carbocycles. The molecule has 0 unspecified atom stereocenters.